The van der Waals surface area contributed by atoms with Gasteiger partial charge in [-0.15, -0.1) is 21.8 Å². The minimum absolute atomic E-state index is 0.0438. The minimum Gasteiger partial charge on any atom is -0.308 e. The van der Waals surface area contributed by atoms with E-state index >= 15 is 0 Å². The minimum atomic E-state index is -0.0438. The van der Waals surface area contributed by atoms with Gasteiger partial charge in [-0.2, -0.15) is 0 Å². The fraction of sp³-hybridized carbons (Fsp3) is 0.500. The third-order valence-corrected chi connectivity index (χ3v) is 4.20. The maximum absolute atomic E-state index is 6.02. The van der Waals surface area contributed by atoms with Crippen LogP contribution < -0.4 is 0 Å². The van der Waals surface area contributed by atoms with E-state index in [-0.39, 0.29) is 5.54 Å². The van der Waals surface area contributed by atoms with Gasteiger partial charge >= 0.3 is 0 Å². The molecule has 0 atom stereocenters. The van der Waals surface area contributed by atoms with Crippen LogP contribution in [0.25, 0.3) is 0 Å². The Bertz CT molecular complexity index is 600. The molecule has 1 aliphatic carbocycles. The van der Waals surface area contributed by atoms with Gasteiger partial charge in [0.25, 0.3) is 0 Å². The molecule has 1 aromatic heterocycles. The van der Waals surface area contributed by atoms with Crippen molar-refractivity contribution in [1.82, 2.24) is 14.8 Å². The van der Waals surface area contributed by atoms with Crippen LogP contribution in [0, 0.1) is 0 Å². The molecule has 3 nitrogen and oxygen atoms in total. The van der Waals surface area contributed by atoms with Crippen molar-refractivity contribution in [3.63, 3.8) is 0 Å². The lowest BCUT2D eigenvalue weighted by Crippen LogP contribution is -2.27. The molecule has 2 aromatic rings. The summed E-state index contributed by atoms with van der Waals surface area (Å²) in [5.74, 6) is 2.76. The molecule has 20 heavy (non-hydrogen) atoms. The van der Waals surface area contributed by atoms with Crippen LogP contribution in [-0.2, 0) is 24.3 Å². The van der Waals surface area contributed by atoms with E-state index in [1.807, 2.05) is 0 Å². The monoisotopic (exact) mass is 289 g/mol. The smallest absolute Gasteiger partial charge is 0.148 e. The second-order valence-electron chi connectivity index (χ2n) is 6.49. The lowest BCUT2D eigenvalue weighted by atomic mass is 10.0. The SMILES string of the molecule is CC(C)(C)n1c(CCl)nnc1C1Cc2ccccc2C1. The molecule has 0 aliphatic heterocycles. The summed E-state index contributed by atoms with van der Waals surface area (Å²) in [7, 11) is 0. The zero-order chi connectivity index (χ0) is 14.3. The van der Waals surface area contributed by atoms with Crippen LogP contribution in [0.2, 0.25) is 0 Å². The molecule has 106 valence electrons. The van der Waals surface area contributed by atoms with E-state index in [4.69, 9.17) is 11.6 Å². The van der Waals surface area contributed by atoms with Crippen molar-refractivity contribution in [2.75, 3.05) is 0 Å². The number of nitrogens with zero attached hydrogens (tertiary/aromatic N) is 3. The van der Waals surface area contributed by atoms with Gasteiger partial charge in [0.2, 0.25) is 0 Å². The van der Waals surface area contributed by atoms with Crippen LogP contribution in [0.5, 0.6) is 0 Å². The van der Waals surface area contributed by atoms with Crippen molar-refractivity contribution in [3.8, 4) is 0 Å². The Morgan fingerprint density at radius 3 is 2.25 bits per heavy atom. The Kier molecular flexibility index (Phi) is 3.33. The molecule has 0 saturated heterocycles. The first kappa shape index (κ1) is 13.6. The van der Waals surface area contributed by atoms with Crippen molar-refractivity contribution in [1.29, 1.82) is 0 Å². The highest BCUT2D eigenvalue weighted by Crippen LogP contribution is 2.35. The van der Waals surface area contributed by atoms with Crippen LogP contribution in [0.1, 0.15) is 49.5 Å². The van der Waals surface area contributed by atoms with Gasteiger partial charge in [0.05, 0.1) is 5.88 Å². The Balaban J connectivity index is 1.99. The van der Waals surface area contributed by atoms with E-state index in [2.05, 4.69) is 59.8 Å². The fourth-order valence-corrected chi connectivity index (χ4v) is 3.33. The van der Waals surface area contributed by atoms with Crippen LogP contribution >= 0.6 is 11.6 Å². The van der Waals surface area contributed by atoms with E-state index in [0.29, 0.717) is 11.8 Å². The second-order valence-corrected chi connectivity index (χ2v) is 6.76. The Morgan fingerprint density at radius 2 is 1.75 bits per heavy atom. The zero-order valence-electron chi connectivity index (χ0n) is 12.2. The lowest BCUT2D eigenvalue weighted by molar-refractivity contribution is 0.363. The quantitative estimate of drug-likeness (QED) is 0.790. The molecule has 0 unspecified atom stereocenters. The Morgan fingerprint density at radius 1 is 1.15 bits per heavy atom. The number of fused-ring (bicyclic) bond motifs is 1. The summed E-state index contributed by atoms with van der Waals surface area (Å²) >= 11 is 6.02. The van der Waals surface area contributed by atoms with E-state index in [1.54, 1.807) is 0 Å². The van der Waals surface area contributed by atoms with Crippen LogP contribution in [-0.4, -0.2) is 14.8 Å². The second kappa shape index (κ2) is 4.88. The van der Waals surface area contributed by atoms with Crippen molar-refractivity contribution in [3.05, 3.63) is 47.0 Å². The highest BCUT2D eigenvalue weighted by Gasteiger charge is 2.31. The first-order chi connectivity index (χ1) is 9.50. The standard InChI is InChI=1S/C16H20ClN3/c1-16(2,3)20-14(10-17)18-19-15(20)13-8-11-6-4-5-7-12(11)9-13/h4-7,13H,8-10H2,1-3H3. The third-order valence-electron chi connectivity index (χ3n) is 3.96. The van der Waals surface area contributed by atoms with Crippen molar-refractivity contribution in [2.24, 2.45) is 0 Å². The predicted octanol–water partition coefficient (Wildman–Crippen LogP) is 3.65. The number of alkyl halides is 1. The zero-order valence-corrected chi connectivity index (χ0v) is 13.0. The van der Waals surface area contributed by atoms with Gasteiger partial charge < -0.3 is 4.57 Å². The average molecular weight is 290 g/mol. The molecule has 1 heterocycles. The maximum Gasteiger partial charge on any atom is 0.148 e. The number of hydrogen-bond acceptors (Lipinski definition) is 2. The van der Waals surface area contributed by atoms with Gasteiger partial charge in [-0.1, -0.05) is 24.3 Å². The number of aromatic nitrogens is 3. The molecule has 0 bridgehead atoms. The summed E-state index contributed by atoms with van der Waals surface area (Å²) in [6, 6.07) is 8.66. The first-order valence-corrected chi connectivity index (χ1v) is 7.61. The van der Waals surface area contributed by atoms with Crippen LogP contribution in [0.15, 0.2) is 24.3 Å². The summed E-state index contributed by atoms with van der Waals surface area (Å²) in [5, 5.41) is 8.74. The summed E-state index contributed by atoms with van der Waals surface area (Å²) in [6.45, 7) is 6.54. The molecule has 1 aliphatic rings. The lowest BCUT2D eigenvalue weighted by Gasteiger charge is -2.26. The molecule has 0 fully saturated rings. The molecule has 0 N–H and O–H groups in total. The van der Waals surface area contributed by atoms with Crippen LogP contribution in [0.4, 0.5) is 0 Å². The van der Waals surface area contributed by atoms with Gasteiger partial charge in [-0.3, -0.25) is 0 Å². The van der Waals surface area contributed by atoms with E-state index in [0.717, 1.165) is 24.5 Å². The van der Waals surface area contributed by atoms with Gasteiger partial charge in [0.1, 0.15) is 11.6 Å². The molecule has 0 radical (unpaired) electrons. The summed E-state index contributed by atoms with van der Waals surface area (Å²) < 4.78 is 2.22. The number of hydrogen-bond donors (Lipinski definition) is 0. The molecular formula is C16H20ClN3. The van der Waals surface area contributed by atoms with Gasteiger partial charge in [0, 0.05) is 11.5 Å². The molecule has 0 amide bonds. The van der Waals surface area contributed by atoms with E-state index in [9.17, 15) is 0 Å². The summed E-state index contributed by atoms with van der Waals surface area (Å²) in [6.07, 6.45) is 2.10. The number of halogens is 1. The van der Waals surface area contributed by atoms with Gasteiger partial charge in [0.15, 0.2) is 0 Å². The van der Waals surface area contributed by atoms with Crippen molar-refractivity contribution >= 4 is 11.6 Å². The van der Waals surface area contributed by atoms with Crippen molar-refractivity contribution in [2.45, 2.75) is 50.9 Å². The number of rotatable bonds is 2. The molecule has 0 saturated carbocycles. The first-order valence-electron chi connectivity index (χ1n) is 7.08. The Labute approximate surface area is 125 Å². The van der Waals surface area contributed by atoms with E-state index < -0.39 is 0 Å². The highest BCUT2D eigenvalue weighted by atomic mass is 35.5. The van der Waals surface area contributed by atoms with Gasteiger partial charge in [-0.25, -0.2) is 0 Å². The normalized spacial score (nSPS) is 15.6. The predicted molar refractivity (Wildman–Crippen MR) is 81.2 cm³/mol. The topological polar surface area (TPSA) is 30.7 Å². The molecular weight excluding hydrogens is 270 g/mol. The summed E-state index contributed by atoms with van der Waals surface area (Å²) in [5.41, 5.74) is 2.83. The highest BCUT2D eigenvalue weighted by molar-refractivity contribution is 6.16. The maximum atomic E-state index is 6.02. The number of benzene rings is 1. The Hall–Kier alpha value is -1.35. The molecule has 4 heteroatoms. The fourth-order valence-electron chi connectivity index (χ4n) is 3.15. The van der Waals surface area contributed by atoms with Crippen molar-refractivity contribution < 1.29 is 0 Å². The molecule has 3 rings (SSSR count). The largest absolute Gasteiger partial charge is 0.308 e. The van der Waals surface area contributed by atoms with E-state index in [1.165, 1.54) is 11.1 Å². The summed E-state index contributed by atoms with van der Waals surface area (Å²) in [4.78, 5) is 0. The van der Waals surface area contributed by atoms with Crippen LogP contribution in [0.3, 0.4) is 0 Å². The average Bonchev–Trinajstić information content (AvgIpc) is 3.01. The third kappa shape index (κ3) is 2.24. The molecule has 0 spiro atoms. The molecule has 1 aromatic carbocycles. The van der Waals surface area contributed by atoms with Gasteiger partial charge in [-0.05, 0) is 44.7 Å².